The summed E-state index contributed by atoms with van der Waals surface area (Å²) in [6, 6.07) is 0. The van der Waals surface area contributed by atoms with Gasteiger partial charge in [0, 0.05) is 25.6 Å². The molecular weight excluding hydrogens is 260 g/mol. The summed E-state index contributed by atoms with van der Waals surface area (Å²) in [6.45, 7) is 4.74. The molecule has 2 heterocycles. The highest BCUT2D eigenvalue weighted by Gasteiger charge is 2.31. The lowest BCUT2D eigenvalue weighted by Crippen LogP contribution is -2.39. The van der Waals surface area contributed by atoms with Crippen LogP contribution >= 0.6 is 11.3 Å². The highest BCUT2D eigenvalue weighted by atomic mass is 32.1. The first-order valence-corrected chi connectivity index (χ1v) is 7.96. The maximum Gasteiger partial charge on any atom is 0.186 e. The summed E-state index contributed by atoms with van der Waals surface area (Å²) in [6.07, 6.45) is 5.92. The van der Waals surface area contributed by atoms with Crippen LogP contribution in [0.3, 0.4) is 0 Å². The summed E-state index contributed by atoms with van der Waals surface area (Å²) in [4.78, 5) is 19.0. The molecule has 0 bridgehead atoms. The first kappa shape index (κ1) is 13.1. The van der Waals surface area contributed by atoms with Crippen LogP contribution < -0.4 is 4.90 Å². The second-order valence-electron chi connectivity index (χ2n) is 5.30. The number of anilines is 1. The highest BCUT2D eigenvalue weighted by molar-refractivity contribution is 7.17. The van der Waals surface area contributed by atoms with Crippen LogP contribution in [0.4, 0.5) is 5.13 Å². The summed E-state index contributed by atoms with van der Waals surface area (Å²) in [5, 5.41) is 1.01. The maximum atomic E-state index is 11.1. The van der Waals surface area contributed by atoms with Crippen LogP contribution in [-0.2, 0) is 4.74 Å². The highest BCUT2D eigenvalue weighted by Crippen LogP contribution is 2.43. The Balaban J connectivity index is 1.75. The average Bonchev–Trinajstić information content (AvgIpc) is 3.18. The van der Waals surface area contributed by atoms with E-state index in [1.807, 2.05) is 6.92 Å². The van der Waals surface area contributed by atoms with Crippen molar-refractivity contribution in [1.29, 1.82) is 0 Å². The summed E-state index contributed by atoms with van der Waals surface area (Å²) in [5.74, 6) is 0.540. The van der Waals surface area contributed by atoms with Gasteiger partial charge in [0.25, 0.3) is 0 Å². The van der Waals surface area contributed by atoms with E-state index in [0.717, 1.165) is 54.5 Å². The monoisotopic (exact) mass is 280 g/mol. The van der Waals surface area contributed by atoms with E-state index in [1.54, 1.807) is 11.3 Å². The first-order chi connectivity index (χ1) is 9.31. The minimum absolute atomic E-state index is 0.312. The molecule has 2 fully saturated rings. The van der Waals surface area contributed by atoms with Crippen LogP contribution in [0, 0.1) is 0 Å². The van der Waals surface area contributed by atoms with Gasteiger partial charge in [-0.3, -0.25) is 4.79 Å². The van der Waals surface area contributed by atoms with E-state index in [9.17, 15) is 4.79 Å². The summed E-state index contributed by atoms with van der Waals surface area (Å²) in [7, 11) is 0. The van der Waals surface area contributed by atoms with Crippen molar-refractivity contribution in [1.82, 2.24) is 4.98 Å². The Kier molecular flexibility index (Phi) is 3.84. The molecule has 2 aliphatic rings. The van der Waals surface area contributed by atoms with Gasteiger partial charge in [0.1, 0.15) is 0 Å². The van der Waals surface area contributed by atoms with Gasteiger partial charge < -0.3 is 9.64 Å². The Morgan fingerprint density at radius 1 is 1.47 bits per heavy atom. The van der Waals surface area contributed by atoms with E-state index in [2.05, 4.69) is 4.90 Å². The molecule has 1 unspecified atom stereocenters. The molecule has 0 amide bonds. The number of nitrogens with zero attached hydrogens (tertiary/aromatic N) is 2. The number of thiazole rings is 1. The lowest BCUT2D eigenvalue weighted by Gasteiger charge is -2.32. The van der Waals surface area contributed by atoms with Crippen molar-refractivity contribution in [2.45, 2.75) is 44.6 Å². The number of ether oxygens (including phenoxy) is 1. The molecule has 3 rings (SSSR count). The zero-order valence-corrected chi connectivity index (χ0v) is 12.1. The Hall–Kier alpha value is -0.940. The van der Waals surface area contributed by atoms with E-state index in [4.69, 9.17) is 9.72 Å². The van der Waals surface area contributed by atoms with Crippen LogP contribution in [0.1, 0.15) is 53.9 Å². The Morgan fingerprint density at radius 2 is 2.32 bits per heavy atom. The molecule has 0 aromatic carbocycles. The Morgan fingerprint density at radius 3 is 3.00 bits per heavy atom. The third-order valence-corrected chi connectivity index (χ3v) is 4.85. The van der Waals surface area contributed by atoms with Crippen LogP contribution in [0.15, 0.2) is 0 Å². The standard InChI is InChI=1S/C14H20N2O2S/c1-2-18-11-4-3-7-16(8-11)14-15-13(10-5-6-10)12(9-17)19-14/h9-11H,2-8H2,1H3. The van der Waals surface area contributed by atoms with E-state index in [1.165, 1.54) is 12.8 Å². The van der Waals surface area contributed by atoms with E-state index >= 15 is 0 Å². The zero-order chi connectivity index (χ0) is 13.2. The number of rotatable bonds is 5. The number of carbonyl (C=O) groups excluding carboxylic acids is 1. The SMILES string of the molecule is CCOC1CCCN(c2nc(C3CC3)c(C=O)s2)C1. The lowest BCUT2D eigenvalue weighted by atomic mass is 10.1. The number of aldehydes is 1. The molecule has 4 nitrogen and oxygen atoms in total. The van der Waals surface area contributed by atoms with Crippen molar-refractivity contribution in [2.24, 2.45) is 0 Å². The lowest BCUT2D eigenvalue weighted by molar-refractivity contribution is 0.0526. The van der Waals surface area contributed by atoms with Gasteiger partial charge in [0.2, 0.25) is 0 Å². The minimum atomic E-state index is 0.312. The van der Waals surface area contributed by atoms with Crippen LogP contribution in [0.2, 0.25) is 0 Å². The molecule has 1 aromatic heterocycles. The van der Waals surface area contributed by atoms with Gasteiger partial charge in [0.05, 0.1) is 16.7 Å². The maximum absolute atomic E-state index is 11.1. The molecule has 1 aliphatic heterocycles. The number of hydrogen-bond donors (Lipinski definition) is 0. The van der Waals surface area contributed by atoms with Gasteiger partial charge in [0.15, 0.2) is 11.4 Å². The fourth-order valence-corrected chi connectivity index (χ4v) is 3.68. The summed E-state index contributed by atoms with van der Waals surface area (Å²) >= 11 is 1.55. The van der Waals surface area contributed by atoms with Gasteiger partial charge in [-0.15, -0.1) is 0 Å². The molecule has 5 heteroatoms. The van der Waals surface area contributed by atoms with Crippen molar-refractivity contribution < 1.29 is 9.53 Å². The van der Waals surface area contributed by atoms with Gasteiger partial charge in [-0.2, -0.15) is 0 Å². The normalized spacial score (nSPS) is 23.6. The molecule has 1 saturated carbocycles. The van der Waals surface area contributed by atoms with Gasteiger partial charge in [-0.1, -0.05) is 11.3 Å². The van der Waals surface area contributed by atoms with Crippen LogP contribution in [0.5, 0.6) is 0 Å². The van der Waals surface area contributed by atoms with E-state index in [0.29, 0.717) is 12.0 Å². The first-order valence-electron chi connectivity index (χ1n) is 7.14. The molecule has 0 radical (unpaired) electrons. The van der Waals surface area contributed by atoms with Crippen LogP contribution in [0.25, 0.3) is 0 Å². The molecule has 104 valence electrons. The predicted octanol–water partition coefficient (Wildman–Crippen LogP) is 2.84. The van der Waals surface area contributed by atoms with Crippen LogP contribution in [-0.4, -0.2) is 37.1 Å². The molecule has 1 saturated heterocycles. The molecule has 0 N–H and O–H groups in total. The van der Waals surface area contributed by atoms with Crippen molar-refractivity contribution in [3.63, 3.8) is 0 Å². The smallest absolute Gasteiger partial charge is 0.186 e. The largest absolute Gasteiger partial charge is 0.377 e. The van der Waals surface area contributed by atoms with Gasteiger partial charge in [-0.25, -0.2) is 4.98 Å². The molecule has 1 aromatic rings. The number of hydrogen-bond acceptors (Lipinski definition) is 5. The van der Waals surface area contributed by atoms with Crippen molar-refractivity contribution in [3.8, 4) is 0 Å². The summed E-state index contributed by atoms with van der Waals surface area (Å²) < 4.78 is 5.72. The Labute approximate surface area is 117 Å². The average molecular weight is 280 g/mol. The molecule has 1 aliphatic carbocycles. The topological polar surface area (TPSA) is 42.4 Å². The van der Waals surface area contributed by atoms with Gasteiger partial charge in [-0.05, 0) is 32.6 Å². The fourth-order valence-electron chi connectivity index (χ4n) is 2.68. The quantitative estimate of drug-likeness (QED) is 0.778. The molecule has 0 spiro atoms. The molecular formula is C14H20N2O2S. The van der Waals surface area contributed by atoms with E-state index in [-0.39, 0.29) is 0 Å². The number of piperidine rings is 1. The number of carbonyl (C=O) groups is 1. The second-order valence-corrected chi connectivity index (χ2v) is 6.31. The second kappa shape index (κ2) is 5.59. The van der Waals surface area contributed by atoms with Crippen molar-refractivity contribution >= 4 is 22.8 Å². The van der Waals surface area contributed by atoms with E-state index < -0.39 is 0 Å². The van der Waals surface area contributed by atoms with Gasteiger partial charge >= 0.3 is 0 Å². The molecule has 19 heavy (non-hydrogen) atoms. The van der Waals surface area contributed by atoms with Crippen molar-refractivity contribution in [2.75, 3.05) is 24.6 Å². The Bertz CT molecular complexity index is 454. The fraction of sp³-hybridized carbons (Fsp3) is 0.714. The third kappa shape index (κ3) is 2.82. The minimum Gasteiger partial charge on any atom is -0.377 e. The number of aromatic nitrogens is 1. The third-order valence-electron chi connectivity index (χ3n) is 3.79. The predicted molar refractivity (Wildman–Crippen MR) is 76.3 cm³/mol. The van der Waals surface area contributed by atoms with Crippen molar-refractivity contribution in [3.05, 3.63) is 10.6 Å². The summed E-state index contributed by atoms with van der Waals surface area (Å²) in [5.41, 5.74) is 1.04. The zero-order valence-electron chi connectivity index (χ0n) is 11.3. The molecule has 1 atom stereocenters.